The van der Waals surface area contributed by atoms with E-state index in [1.807, 2.05) is 25.1 Å². The molecule has 2 rings (SSSR count). The Labute approximate surface area is 164 Å². The summed E-state index contributed by atoms with van der Waals surface area (Å²) in [5.41, 5.74) is 2.19. The highest BCUT2D eigenvalue weighted by Crippen LogP contribution is 2.29. The van der Waals surface area contributed by atoms with E-state index in [1.54, 1.807) is 45.4 Å². The Morgan fingerprint density at radius 3 is 2.41 bits per heavy atom. The average Bonchev–Trinajstić information content (AvgIpc) is 2.68. The lowest BCUT2D eigenvalue weighted by molar-refractivity contribution is 0.0526. The number of hydrogen-bond donors (Lipinski definition) is 2. The highest BCUT2D eigenvalue weighted by Gasteiger charge is 2.14. The molecule has 0 saturated heterocycles. The molecule has 144 valence electrons. The molecule has 0 spiro atoms. The number of hydrogen-bond acceptors (Lipinski definition) is 5. The van der Waals surface area contributed by atoms with Crippen LogP contribution in [0.4, 0.5) is 5.69 Å². The third kappa shape index (κ3) is 5.59. The zero-order valence-electron chi connectivity index (χ0n) is 15.9. The highest BCUT2D eigenvalue weighted by molar-refractivity contribution is 7.80. The maximum atomic E-state index is 11.7. The molecule has 6 nitrogen and oxygen atoms in total. The van der Waals surface area contributed by atoms with Crippen LogP contribution in [0.25, 0.3) is 0 Å². The normalized spacial score (nSPS) is 11.3. The van der Waals surface area contributed by atoms with E-state index >= 15 is 0 Å². The Hall–Kier alpha value is -2.80. The van der Waals surface area contributed by atoms with E-state index in [2.05, 4.69) is 10.6 Å². The number of esters is 1. The number of anilines is 1. The minimum atomic E-state index is -0.344. The van der Waals surface area contributed by atoms with Crippen molar-refractivity contribution in [3.8, 4) is 11.5 Å². The number of benzene rings is 2. The van der Waals surface area contributed by atoms with E-state index in [1.165, 1.54) is 0 Å². The predicted octanol–water partition coefficient (Wildman–Crippen LogP) is 3.93. The molecule has 1 atom stereocenters. The van der Waals surface area contributed by atoms with Gasteiger partial charge in [0.1, 0.15) is 11.5 Å². The lowest BCUT2D eigenvalue weighted by Gasteiger charge is -2.20. The van der Waals surface area contributed by atoms with E-state index in [0.29, 0.717) is 17.3 Å². The first kappa shape index (κ1) is 20.5. The molecule has 7 heteroatoms. The molecule has 0 saturated carbocycles. The predicted molar refractivity (Wildman–Crippen MR) is 110 cm³/mol. The summed E-state index contributed by atoms with van der Waals surface area (Å²) < 4.78 is 15.7. The first-order valence-corrected chi connectivity index (χ1v) is 8.96. The molecular weight excluding hydrogens is 364 g/mol. The lowest BCUT2D eigenvalue weighted by Crippen LogP contribution is -2.31. The second kappa shape index (κ2) is 9.78. The fourth-order valence-electron chi connectivity index (χ4n) is 2.52. The van der Waals surface area contributed by atoms with E-state index < -0.39 is 0 Å². The van der Waals surface area contributed by atoms with Crippen LogP contribution in [0, 0.1) is 0 Å². The Morgan fingerprint density at radius 2 is 1.81 bits per heavy atom. The fraction of sp³-hybridized carbons (Fsp3) is 0.300. The summed E-state index contributed by atoms with van der Waals surface area (Å²) in [7, 11) is 3.25. The molecule has 0 amide bonds. The van der Waals surface area contributed by atoms with Gasteiger partial charge in [-0.25, -0.2) is 4.79 Å². The van der Waals surface area contributed by atoms with Gasteiger partial charge in [-0.3, -0.25) is 0 Å². The summed E-state index contributed by atoms with van der Waals surface area (Å²) in [5.74, 6) is 1.15. The van der Waals surface area contributed by atoms with Crippen LogP contribution in [-0.4, -0.2) is 31.9 Å². The number of carbonyl (C=O) groups is 1. The molecule has 0 aliphatic heterocycles. The van der Waals surface area contributed by atoms with E-state index in [-0.39, 0.29) is 12.0 Å². The molecule has 0 heterocycles. The number of rotatable bonds is 7. The van der Waals surface area contributed by atoms with Gasteiger partial charge in [0.05, 0.1) is 32.4 Å². The van der Waals surface area contributed by atoms with Crippen LogP contribution in [-0.2, 0) is 4.74 Å². The molecule has 0 aromatic heterocycles. The third-order valence-corrected chi connectivity index (χ3v) is 4.12. The number of methoxy groups -OCH3 is 2. The van der Waals surface area contributed by atoms with E-state index in [0.717, 1.165) is 22.7 Å². The van der Waals surface area contributed by atoms with Crippen LogP contribution < -0.4 is 20.1 Å². The van der Waals surface area contributed by atoms with Crippen molar-refractivity contribution in [1.29, 1.82) is 0 Å². The van der Waals surface area contributed by atoms with Crippen molar-refractivity contribution in [3.05, 3.63) is 53.6 Å². The van der Waals surface area contributed by atoms with Gasteiger partial charge >= 0.3 is 5.97 Å². The summed E-state index contributed by atoms with van der Waals surface area (Å²) in [6, 6.07) is 12.4. The van der Waals surface area contributed by atoms with Gasteiger partial charge < -0.3 is 24.8 Å². The minimum Gasteiger partial charge on any atom is -0.497 e. The van der Waals surface area contributed by atoms with Crippen molar-refractivity contribution in [2.75, 3.05) is 26.1 Å². The minimum absolute atomic E-state index is 0.103. The molecule has 2 aromatic rings. The molecule has 0 unspecified atom stereocenters. The van der Waals surface area contributed by atoms with Gasteiger partial charge in [0.15, 0.2) is 5.11 Å². The summed E-state index contributed by atoms with van der Waals surface area (Å²) in [5, 5.41) is 6.78. The van der Waals surface area contributed by atoms with Crippen LogP contribution >= 0.6 is 12.2 Å². The quantitative estimate of drug-likeness (QED) is 0.550. The molecule has 0 aliphatic rings. The number of thiocarbonyl (C=S) groups is 1. The average molecular weight is 388 g/mol. The van der Waals surface area contributed by atoms with Gasteiger partial charge in [-0.15, -0.1) is 0 Å². The molecule has 2 aromatic carbocycles. The SMILES string of the molecule is CCOC(=O)c1ccc(NC(=S)N[C@@H](C)c2cc(OC)ccc2OC)cc1. The number of ether oxygens (including phenoxy) is 3. The van der Waals surface area contributed by atoms with Crippen molar-refractivity contribution in [3.63, 3.8) is 0 Å². The topological polar surface area (TPSA) is 68.8 Å². The van der Waals surface area contributed by atoms with Crippen molar-refractivity contribution in [2.24, 2.45) is 0 Å². The lowest BCUT2D eigenvalue weighted by atomic mass is 10.1. The third-order valence-electron chi connectivity index (χ3n) is 3.90. The molecule has 2 N–H and O–H groups in total. The summed E-state index contributed by atoms with van der Waals surface area (Å²) in [4.78, 5) is 11.7. The second-order valence-electron chi connectivity index (χ2n) is 5.73. The van der Waals surface area contributed by atoms with Crippen LogP contribution in [0.2, 0.25) is 0 Å². The molecule has 0 fully saturated rings. The Morgan fingerprint density at radius 1 is 1.11 bits per heavy atom. The summed E-state index contributed by atoms with van der Waals surface area (Å²) >= 11 is 5.39. The van der Waals surface area contributed by atoms with Gasteiger partial charge in [0.2, 0.25) is 0 Å². The molecule has 0 radical (unpaired) electrons. The van der Waals surface area contributed by atoms with Crippen LogP contribution in [0.15, 0.2) is 42.5 Å². The Bertz CT molecular complexity index is 793. The maximum Gasteiger partial charge on any atom is 0.338 e. The van der Waals surface area contributed by atoms with Gasteiger partial charge in [0, 0.05) is 11.3 Å². The zero-order chi connectivity index (χ0) is 19.8. The van der Waals surface area contributed by atoms with Gasteiger partial charge in [-0.05, 0) is 68.5 Å². The number of nitrogens with one attached hydrogen (secondary N) is 2. The van der Waals surface area contributed by atoms with E-state index in [9.17, 15) is 4.79 Å². The zero-order valence-corrected chi connectivity index (χ0v) is 16.7. The Kier molecular flexibility index (Phi) is 7.43. The van der Waals surface area contributed by atoms with E-state index in [4.69, 9.17) is 26.4 Å². The van der Waals surface area contributed by atoms with Crippen molar-refractivity contribution >= 4 is 29.0 Å². The maximum absolute atomic E-state index is 11.7. The van der Waals surface area contributed by atoms with Gasteiger partial charge in [-0.2, -0.15) is 0 Å². The monoisotopic (exact) mass is 388 g/mol. The molecule has 27 heavy (non-hydrogen) atoms. The summed E-state index contributed by atoms with van der Waals surface area (Å²) in [6.45, 7) is 4.10. The molecule has 0 bridgehead atoms. The van der Waals surface area contributed by atoms with Crippen molar-refractivity contribution < 1.29 is 19.0 Å². The Balaban J connectivity index is 2.02. The largest absolute Gasteiger partial charge is 0.497 e. The van der Waals surface area contributed by atoms with Crippen LogP contribution in [0.1, 0.15) is 35.8 Å². The summed E-state index contributed by atoms with van der Waals surface area (Å²) in [6.07, 6.45) is 0. The van der Waals surface area contributed by atoms with Crippen LogP contribution in [0.5, 0.6) is 11.5 Å². The second-order valence-corrected chi connectivity index (χ2v) is 6.13. The smallest absolute Gasteiger partial charge is 0.338 e. The first-order valence-electron chi connectivity index (χ1n) is 8.55. The first-order chi connectivity index (χ1) is 13.0. The standard InChI is InChI=1S/C20H24N2O4S/c1-5-26-19(23)14-6-8-15(9-7-14)22-20(27)21-13(2)17-12-16(24-3)10-11-18(17)25-4/h6-13H,5H2,1-4H3,(H2,21,22,27)/t13-/m0/s1. The fourth-order valence-corrected chi connectivity index (χ4v) is 2.82. The number of carbonyl (C=O) groups excluding carboxylic acids is 1. The van der Waals surface area contributed by atoms with Gasteiger partial charge in [0.25, 0.3) is 0 Å². The van der Waals surface area contributed by atoms with Gasteiger partial charge in [-0.1, -0.05) is 0 Å². The highest BCUT2D eigenvalue weighted by atomic mass is 32.1. The van der Waals surface area contributed by atoms with Crippen LogP contribution in [0.3, 0.4) is 0 Å². The van der Waals surface area contributed by atoms with Crippen molar-refractivity contribution in [2.45, 2.75) is 19.9 Å². The van der Waals surface area contributed by atoms with Crippen molar-refractivity contribution in [1.82, 2.24) is 5.32 Å². The molecule has 0 aliphatic carbocycles. The molecular formula is C20H24N2O4S.